The zero-order valence-electron chi connectivity index (χ0n) is 16.4. The molecule has 5 rings (SSSR count). The van der Waals surface area contributed by atoms with Crippen molar-refractivity contribution < 1.29 is 14.1 Å². The van der Waals surface area contributed by atoms with Crippen LogP contribution in [0.1, 0.15) is 55.0 Å². The van der Waals surface area contributed by atoms with Crippen molar-refractivity contribution in [3.63, 3.8) is 0 Å². The highest BCUT2D eigenvalue weighted by atomic mass is 32.1. The average Bonchev–Trinajstić information content (AvgIpc) is 3.03. The second-order valence-corrected chi connectivity index (χ2v) is 8.22. The summed E-state index contributed by atoms with van der Waals surface area (Å²) in [6.07, 6.45) is 8.48. The van der Waals surface area contributed by atoms with E-state index in [2.05, 4.69) is 30.4 Å². The normalized spacial score (nSPS) is 15.9. The van der Waals surface area contributed by atoms with E-state index in [0.29, 0.717) is 11.6 Å². The Morgan fingerprint density at radius 3 is 2.86 bits per heavy atom. The van der Waals surface area contributed by atoms with E-state index < -0.39 is 0 Å². The van der Waals surface area contributed by atoms with Crippen molar-refractivity contribution in [1.29, 1.82) is 0 Å². The molecule has 2 fully saturated rings. The highest BCUT2D eigenvalue weighted by Crippen LogP contribution is 2.44. The lowest BCUT2D eigenvalue weighted by Crippen LogP contribution is -2.19. The first-order valence-electron chi connectivity index (χ1n) is 9.96. The lowest BCUT2D eigenvalue weighted by atomic mass is 9.86. The van der Waals surface area contributed by atoms with Gasteiger partial charge in [0.1, 0.15) is 11.6 Å². The average molecular weight is 416 g/mol. The van der Waals surface area contributed by atoms with Crippen molar-refractivity contribution in [2.75, 3.05) is 11.9 Å². The zero-order chi connectivity index (χ0) is 20.1. The van der Waals surface area contributed by atoms with Crippen molar-refractivity contribution in [2.24, 2.45) is 5.92 Å². The molecule has 8 nitrogen and oxygen atoms in total. The number of anilines is 1. The van der Waals surface area contributed by atoms with Crippen LogP contribution in [0.2, 0.25) is 0 Å². The first kappa shape index (κ1) is 19.6. The fourth-order valence-corrected chi connectivity index (χ4v) is 3.76. The van der Waals surface area contributed by atoms with Crippen molar-refractivity contribution in [1.82, 2.24) is 19.7 Å². The number of nitrogens with zero attached hydrogens (tertiary/aromatic N) is 3. The topological polar surface area (TPSA) is 106 Å². The number of hydrogen-bond donors (Lipinski definition) is 2. The van der Waals surface area contributed by atoms with Gasteiger partial charge in [-0.15, -0.1) is 0 Å². The van der Waals surface area contributed by atoms with Gasteiger partial charge in [0.15, 0.2) is 0 Å². The predicted molar refractivity (Wildman–Crippen MR) is 109 cm³/mol. The summed E-state index contributed by atoms with van der Waals surface area (Å²) in [6, 6.07) is 3.40. The highest BCUT2D eigenvalue weighted by molar-refractivity contribution is 7.03. The van der Waals surface area contributed by atoms with E-state index in [-0.39, 0.29) is 12.3 Å². The molecule has 3 aromatic rings. The lowest BCUT2D eigenvalue weighted by molar-refractivity contribution is -0.115. The van der Waals surface area contributed by atoms with Gasteiger partial charge in [0.05, 0.1) is 24.9 Å². The van der Waals surface area contributed by atoms with E-state index in [1.165, 1.54) is 49.2 Å². The molecule has 0 saturated heterocycles. The standard InChI is InChI=1S/C11H15NOS.C9H10N4O2/c1-2-8(3-1)6-13-11-10(7-14-12-11)9-4-5-9;1-6-4-7(15-13-6)5-9(14)11-8-2-3-10-12-8/h7-9H,1-6H2;2-4H,5H2,1H3,(H2,10,11,12,14). The van der Waals surface area contributed by atoms with E-state index in [1.807, 2.05) is 0 Å². The summed E-state index contributed by atoms with van der Waals surface area (Å²) < 4.78 is 15.0. The van der Waals surface area contributed by atoms with Gasteiger partial charge >= 0.3 is 0 Å². The van der Waals surface area contributed by atoms with Crippen molar-refractivity contribution in [2.45, 2.75) is 51.4 Å². The number of nitrogens with one attached hydrogen (secondary N) is 2. The molecule has 2 aliphatic rings. The first-order chi connectivity index (χ1) is 14.2. The summed E-state index contributed by atoms with van der Waals surface area (Å²) >= 11 is 1.54. The van der Waals surface area contributed by atoms with Crippen LogP contribution in [0, 0.1) is 12.8 Å². The Bertz CT molecular complexity index is 912. The third kappa shape index (κ3) is 5.66. The molecule has 0 radical (unpaired) electrons. The Morgan fingerprint density at radius 1 is 1.38 bits per heavy atom. The molecular weight excluding hydrogens is 390 g/mol. The highest BCUT2D eigenvalue weighted by Gasteiger charge is 2.29. The molecule has 29 heavy (non-hydrogen) atoms. The Balaban J connectivity index is 0.000000141. The van der Waals surface area contributed by atoms with Gasteiger partial charge in [0.2, 0.25) is 11.8 Å². The smallest absolute Gasteiger partial charge is 0.233 e. The molecule has 2 aliphatic carbocycles. The van der Waals surface area contributed by atoms with Crippen LogP contribution < -0.4 is 10.1 Å². The summed E-state index contributed by atoms with van der Waals surface area (Å²) in [4.78, 5) is 11.4. The van der Waals surface area contributed by atoms with Gasteiger partial charge in [-0.25, -0.2) is 0 Å². The molecule has 0 aliphatic heterocycles. The molecule has 9 heteroatoms. The fraction of sp³-hybridized carbons (Fsp3) is 0.500. The van der Waals surface area contributed by atoms with Gasteiger partial charge in [-0.1, -0.05) is 11.6 Å². The minimum Gasteiger partial charge on any atom is -0.477 e. The Hall–Kier alpha value is -2.68. The quantitative estimate of drug-likeness (QED) is 0.602. The largest absolute Gasteiger partial charge is 0.477 e. The second kappa shape index (κ2) is 9.21. The van der Waals surface area contributed by atoms with Crippen LogP contribution in [-0.4, -0.2) is 32.2 Å². The number of H-pyrrole nitrogens is 1. The summed E-state index contributed by atoms with van der Waals surface area (Å²) in [5, 5.41) is 14.8. The lowest BCUT2D eigenvalue weighted by Gasteiger charge is -2.24. The number of ether oxygens (including phenoxy) is 1. The van der Waals surface area contributed by atoms with Crippen LogP contribution in [0.25, 0.3) is 0 Å². The number of aromatic amines is 1. The van der Waals surface area contributed by atoms with Crippen molar-refractivity contribution >= 4 is 23.3 Å². The molecule has 0 unspecified atom stereocenters. The molecule has 0 bridgehead atoms. The maximum atomic E-state index is 11.4. The second-order valence-electron chi connectivity index (χ2n) is 7.59. The maximum Gasteiger partial charge on any atom is 0.233 e. The van der Waals surface area contributed by atoms with Crippen molar-refractivity contribution in [3.05, 3.63) is 40.7 Å². The van der Waals surface area contributed by atoms with Crippen LogP contribution in [0.5, 0.6) is 5.88 Å². The molecule has 154 valence electrons. The number of carbonyl (C=O) groups is 1. The molecule has 0 atom stereocenters. The number of aromatic nitrogens is 4. The van der Waals surface area contributed by atoms with Gasteiger partial charge in [0, 0.05) is 23.1 Å². The van der Waals surface area contributed by atoms with Gasteiger partial charge in [-0.3, -0.25) is 9.89 Å². The Morgan fingerprint density at radius 2 is 2.24 bits per heavy atom. The summed E-state index contributed by atoms with van der Waals surface area (Å²) in [5.74, 6) is 3.45. The third-order valence-corrected chi connectivity index (χ3v) is 5.68. The van der Waals surface area contributed by atoms with Crippen molar-refractivity contribution in [3.8, 4) is 5.88 Å². The SMILES string of the molecule is Cc1cc(CC(=O)Nc2ccn[nH]2)on1.c1snc(OCC2CCC2)c1C1CC1. The molecule has 0 aromatic carbocycles. The fourth-order valence-electron chi connectivity index (χ4n) is 3.04. The van der Waals surface area contributed by atoms with E-state index in [1.54, 1.807) is 25.3 Å². The number of hydrogen-bond acceptors (Lipinski definition) is 7. The van der Waals surface area contributed by atoms with Gasteiger partial charge in [-0.05, 0) is 56.0 Å². The van der Waals surface area contributed by atoms with Crippen LogP contribution in [0.3, 0.4) is 0 Å². The van der Waals surface area contributed by atoms with E-state index >= 15 is 0 Å². The monoisotopic (exact) mass is 415 g/mol. The molecule has 0 spiro atoms. The molecule has 2 N–H and O–H groups in total. The first-order valence-corrected chi connectivity index (χ1v) is 10.8. The van der Waals surface area contributed by atoms with Crippen LogP contribution in [0.15, 0.2) is 28.2 Å². The molecule has 3 aromatic heterocycles. The zero-order valence-corrected chi connectivity index (χ0v) is 17.2. The van der Waals surface area contributed by atoms with Gasteiger partial charge in [-0.2, -0.15) is 9.47 Å². The van der Waals surface area contributed by atoms with Crippen LogP contribution in [0.4, 0.5) is 5.82 Å². The third-order valence-electron chi connectivity index (χ3n) is 5.05. The maximum absolute atomic E-state index is 11.4. The Kier molecular flexibility index (Phi) is 6.24. The van der Waals surface area contributed by atoms with Crippen LogP contribution >= 0.6 is 11.5 Å². The van der Waals surface area contributed by atoms with Gasteiger partial charge < -0.3 is 14.6 Å². The summed E-state index contributed by atoms with van der Waals surface area (Å²) in [7, 11) is 0. The minimum atomic E-state index is -0.171. The molecular formula is C20H25N5O3S. The number of rotatable bonds is 7. The predicted octanol–water partition coefficient (Wildman–Crippen LogP) is 4.09. The summed E-state index contributed by atoms with van der Waals surface area (Å²) in [6.45, 7) is 2.70. The summed E-state index contributed by atoms with van der Waals surface area (Å²) in [5.41, 5.74) is 2.13. The number of aryl methyl sites for hydroxylation is 1. The number of amides is 1. The van der Waals surface area contributed by atoms with E-state index in [9.17, 15) is 4.79 Å². The van der Waals surface area contributed by atoms with Gasteiger partial charge in [0.25, 0.3) is 0 Å². The molecule has 1 amide bonds. The minimum absolute atomic E-state index is 0.167. The van der Waals surface area contributed by atoms with E-state index in [4.69, 9.17) is 9.26 Å². The Labute approximate surface area is 173 Å². The molecule has 3 heterocycles. The number of carbonyl (C=O) groups excluding carboxylic acids is 1. The van der Waals surface area contributed by atoms with Crippen LogP contribution in [-0.2, 0) is 11.2 Å². The molecule has 2 saturated carbocycles. The van der Waals surface area contributed by atoms with E-state index in [0.717, 1.165) is 30.0 Å².